The maximum Gasteiger partial charge on any atom is 0.417 e. The average molecular weight is 279 g/mol. The fraction of sp³-hybridized carbons (Fsp3) is 0.333. The van der Waals surface area contributed by atoms with Gasteiger partial charge < -0.3 is 5.11 Å². The summed E-state index contributed by atoms with van der Waals surface area (Å²) in [6.45, 7) is 0. The standard InChI is InChI=1S/C9H5ClF6O/c10-3-4-1-5(17)2-6(8(11,12)13)7(4)9(14,15)16/h1-2,17H,3H2. The molecule has 0 amide bonds. The minimum atomic E-state index is -5.22. The summed E-state index contributed by atoms with van der Waals surface area (Å²) in [7, 11) is 0. The zero-order valence-corrected chi connectivity index (χ0v) is 8.71. The molecule has 8 heteroatoms. The number of benzene rings is 1. The summed E-state index contributed by atoms with van der Waals surface area (Å²) in [5.74, 6) is -1.70. The van der Waals surface area contributed by atoms with Crippen LogP contribution in [0.5, 0.6) is 5.75 Å². The number of rotatable bonds is 1. The molecule has 0 bridgehead atoms. The lowest BCUT2D eigenvalue weighted by Gasteiger charge is -2.18. The second kappa shape index (κ2) is 4.29. The van der Waals surface area contributed by atoms with E-state index in [2.05, 4.69) is 0 Å². The fourth-order valence-corrected chi connectivity index (χ4v) is 1.56. The highest BCUT2D eigenvalue weighted by molar-refractivity contribution is 6.17. The first-order valence-corrected chi connectivity index (χ1v) is 4.67. The van der Waals surface area contributed by atoms with Crippen LogP contribution >= 0.6 is 11.6 Å². The van der Waals surface area contributed by atoms with Gasteiger partial charge in [-0.05, 0) is 17.7 Å². The summed E-state index contributed by atoms with van der Waals surface area (Å²) in [5, 5.41) is 8.95. The molecule has 0 aliphatic heterocycles. The molecule has 17 heavy (non-hydrogen) atoms. The quantitative estimate of drug-likeness (QED) is 0.604. The van der Waals surface area contributed by atoms with Crippen molar-refractivity contribution in [2.45, 2.75) is 18.2 Å². The van der Waals surface area contributed by atoms with Crippen LogP contribution in [0.2, 0.25) is 0 Å². The van der Waals surface area contributed by atoms with E-state index >= 15 is 0 Å². The Kier molecular flexibility index (Phi) is 3.52. The molecule has 0 radical (unpaired) electrons. The molecule has 1 aromatic rings. The number of halogens is 7. The number of phenolic OH excluding ortho intramolecular Hbond substituents is 1. The smallest absolute Gasteiger partial charge is 0.417 e. The second-order valence-corrected chi connectivity index (χ2v) is 3.42. The van der Waals surface area contributed by atoms with Crippen LogP contribution in [0.1, 0.15) is 16.7 Å². The van der Waals surface area contributed by atoms with Crippen molar-refractivity contribution in [2.75, 3.05) is 0 Å². The molecule has 0 saturated carbocycles. The fourth-order valence-electron chi connectivity index (χ4n) is 1.35. The van der Waals surface area contributed by atoms with Crippen molar-refractivity contribution in [1.29, 1.82) is 0 Å². The van der Waals surface area contributed by atoms with Gasteiger partial charge in [-0.1, -0.05) is 0 Å². The average Bonchev–Trinajstić information content (AvgIpc) is 2.12. The van der Waals surface area contributed by atoms with Gasteiger partial charge in [0.1, 0.15) is 5.75 Å². The minimum Gasteiger partial charge on any atom is -0.508 e. The molecule has 1 aromatic carbocycles. The van der Waals surface area contributed by atoms with Gasteiger partial charge >= 0.3 is 12.4 Å². The molecule has 96 valence electrons. The van der Waals surface area contributed by atoms with Gasteiger partial charge in [-0.3, -0.25) is 0 Å². The Morgan fingerprint density at radius 3 is 1.88 bits per heavy atom. The minimum absolute atomic E-state index is 0.0267. The second-order valence-electron chi connectivity index (χ2n) is 3.16. The highest BCUT2D eigenvalue weighted by Gasteiger charge is 2.45. The Morgan fingerprint density at radius 1 is 1.00 bits per heavy atom. The van der Waals surface area contributed by atoms with Gasteiger partial charge in [-0.15, -0.1) is 11.6 Å². The summed E-state index contributed by atoms with van der Waals surface area (Å²) in [5.41, 5.74) is -4.62. The molecular formula is C9H5ClF6O. The summed E-state index contributed by atoms with van der Waals surface area (Å²) in [6, 6.07) is 0.587. The lowest BCUT2D eigenvalue weighted by molar-refractivity contribution is -0.162. The van der Waals surface area contributed by atoms with Crippen molar-refractivity contribution in [3.63, 3.8) is 0 Å². The van der Waals surface area contributed by atoms with Gasteiger partial charge in [0, 0.05) is 5.88 Å². The van der Waals surface area contributed by atoms with Gasteiger partial charge in [0.2, 0.25) is 0 Å². The van der Waals surface area contributed by atoms with Gasteiger partial charge in [0.05, 0.1) is 11.1 Å². The Hall–Kier alpha value is -1.11. The predicted molar refractivity (Wildman–Crippen MR) is 47.7 cm³/mol. The number of alkyl halides is 7. The molecule has 1 rings (SSSR count). The first-order valence-electron chi connectivity index (χ1n) is 4.13. The van der Waals surface area contributed by atoms with Gasteiger partial charge in [0.25, 0.3) is 0 Å². The van der Waals surface area contributed by atoms with E-state index in [-0.39, 0.29) is 6.07 Å². The van der Waals surface area contributed by atoms with Crippen molar-refractivity contribution < 1.29 is 31.4 Å². The molecule has 0 spiro atoms. The molecule has 0 heterocycles. The number of hydrogen-bond acceptors (Lipinski definition) is 1. The molecule has 0 aromatic heterocycles. The molecule has 0 fully saturated rings. The third kappa shape index (κ3) is 2.96. The zero-order valence-electron chi connectivity index (χ0n) is 7.95. The lowest BCUT2D eigenvalue weighted by Crippen LogP contribution is -2.18. The van der Waals surface area contributed by atoms with Crippen LogP contribution in [-0.2, 0) is 18.2 Å². The highest BCUT2D eigenvalue weighted by atomic mass is 35.5. The first-order chi connectivity index (χ1) is 7.57. The van der Waals surface area contributed by atoms with E-state index in [4.69, 9.17) is 16.7 Å². The molecule has 0 atom stereocenters. The summed E-state index contributed by atoms with van der Waals surface area (Å²) < 4.78 is 74.8. The van der Waals surface area contributed by atoms with Crippen molar-refractivity contribution in [3.8, 4) is 5.75 Å². The molecular weight excluding hydrogens is 274 g/mol. The van der Waals surface area contributed by atoms with Crippen LogP contribution in [0.25, 0.3) is 0 Å². The third-order valence-corrected chi connectivity index (χ3v) is 2.23. The van der Waals surface area contributed by atoms with Crippen LogP contribution in [0.3, 0.4) is 0 Å². The largest absolute Gasteiger partial charge is 0.508 e. The van der Waals surface area contributed by atoms with Crippen LogP contribution in [0, 0.1) is 0 Å². The molecule has 0 aliphatic carbocycles. The topological polar surface area (TPSA) is 20.2 Å². The van der Waals surface area contributed by atoms with Crippen molar-refractivity contribution in [3.05, 3.63) is 28.8 Å². The molecule has 0 unspecified atom stereocenters. The van der Waals surface area contributed by atoms with Crippen molar-refractivity contribution in [1.82, 2.24) is 0 Å². The van der Waals surface area contributed by atoms with Gasteiger partial charge in [-0.25, -0.2) is 0 Å². The van der Waals surface area contributed by atoms with E-state index in [0.29, 0.717) is 6.07 Å². The zero-order chi connectivity index (χ0) is 13.4. The Balaban J connectivity index is 3.63. The van der Waals surface area contributed by atoms with Crippen LogP contribution in [0.15, 0.2) is 12.1 Å². The van der Waals surface area contributed by atoms with E-state index < -0.39 is 40.7 Å². The summed E-state index contributed by atoms with van der Waals surface area (Å²) >= 11 is 5.15. The van der Waals surface area contributed by atoms with Crippen LogP contribution in [-0.4, -0.2) is 5.11 Å². The SMILES string of the molecule is Oc1cc(CCl)c(C(F)(F)F)c(C(F)(F)F)c1. The van der Waals surface area contributed by atoms with Crippen LogP contribution in [0.4, 0.5) is 26.3 Å². The molecule has 0 saturated heterocycles. The van der Waals surface area contributed by atoms with E-state index in [1.54, 1.807) is 0 Å². The van der Waals surface area contributed by atoms with E-state index in [1.165, 1.54) is 0 Å². The van der Waals surface area contributed by atoms with Gasteiger partial charge in [0.15, 0.2) is 0 Å². The highest BCUT2D eigenvalue weighted by Crippen LogP contribution is 2.44. The summed E-state index contributed by atoms with van der Waals surface area (Å²) in [6.07, 6.45) is -10.4. The molecule has 1 nitrogen and oxygen atoms in total. The normalized spacial score (nSPS) is 12.9. The van der Waals surface area contributed by atoms with E-state index in [9.17, 15) is 26.3 Å². The van der Waals surface area contributed by atoms with Gasteiger partial charge in [-0.2, -0.15) is 26.3 Å². The predicted octanol–water partition coefficient (Wildman–Crippen LogP) is 4.17. The summed E-state index contributed by atoms with van der Waals surface area (Å²) in [4.78, 5) is 0. The monoisotopic (exact) mass is 278 g/mol. The Morgan fingerprint density at radius 2 is 1.53 bits per heavy atom. The van der Waals surface area contributed by atoms with Crippen molar-refractivity contribution in [2.24, 2.45) is 0 Å². The number of hydrogen-bond donors (Lipinski definition) is 1. The maximum atomic E-state index is 12.5. The third-order valence-electron chi connectivity index (χ3n) is 1.94. The number of phenols is 1. The number of aromatic hydroxyl groups is 1. The first kappa shape index (κ1) is 14.0. The maximum absolute atomic E-state index is 12.5. The Labute approximate surface area is 96.6 Å². The molecule has 1 N–H and O–H groups in total. The lowest BCUT2D eigenvalue weighted by atomic mass is 10.0. The van der Waals surface area contributed by atoms with Crippen molar-refractivity contribution >= 4 is 11.6 Å². The van der Waals surface area contributed by atoms with Crippen LogP contribution < -0.4 is 0 Å². The molecule has 0 aliphatic rings. The Bertz CT molecular complexity index is 423. The van der Waals surface area contributed by atoms with E-state index in [1.807, 2.05) is 0 Å². The van der Waals surface area contributed by atoms with E-state index in [0.717, 1.165) is 0 Å².